The first kappa shape index (κ1) is 21.0. The molecular formula is C19H18N2O9S. The van der Waals surface area contributed by atoms with Gasteiger partial charge in [0.1, 0.15) is 23.7 Å². The van der Waals surface area contributed by atoms with Crippen molar-refractivity contribution in [3.63, 3.8) is 0 Å². The predicted molar refractivity (Wildman–Crippen MR) is 104 cm³/mol. The highest BCUT2D eigenvalue weighted by Gasteiger charge is 2.54. The molecule has 3 aliphatic rings. The minimum Gasteiger partial charge on any atom is -0.477 e. The fraction of sp³-hybridized carbons (Fsp3) is 0.368. The molecule has 4 rings (SSSR count). The Morgan fingerprint density at radius 1 is 1.32 bits per heavy atom. The van der Waals surface area contributed by atoms with Crippen LogP contribution in [0.15, 0.2) is 29.5 Å². The van der Waals surface area contributed by atoms with Gasteiger partial charge in [-0.3, -0.25) is 19.3 Å². The van der Waals surface area contributed by atoms with E-state index in [1.807, 2.05) is 0 Å². The van der Waals surface area contributed by atoms with Crippen molar-refractivity contribution < 1.29 is 43.6 Å². The zero-order valence-corrected chi connectivity index (χ0v) is 17.0. The first-order valence-electron chi connectivity index (χ1n) is 9.19. The van der Waals surface area contributed by atoms with Crippen molar-refractivity contribution in [1.82, 2.24) is 10.2 Å². The largest absolute Gasteiger partial charge is 0.477 e. The number of aliphatic hydroxyl groups is 1. The van der Waals surface area contributed by atoms with Crippen LogP contribution in [0.4, 0.5) is 0 Å². The van der Waals surface area contributed by atoms with Crippen LogP contribution >= 0.6 is 11.8 Å². The van der Waals surface area contributed by atoms with Crippen LogP contribution in [0.5, 0.6) is 11.5 Å². The van der Waals surface area contributed by atoms with Crippen molar-refractivity contribution in [3.05, 3.63) is 35.0 Å². The first-order chi connectivity index (χ1) is 14.8. The number of carbonyl (C=O) groups is 4. The van der Waals surface area contributed by atoms with E-state index >= 15 is 0 Å². The number of hydrogen-bond acceptors (Lipinski definition) is 9. The van der Waals surface area contributed by atoms with Crippen LogP contribution in [0.25, 0.3) is 0 Å². The van der Waals surface area contributed by atoms with E-state index in [1.165, 1.54) is 30.8 Å². The molecule has 0 saturated carbocycles. The molecule has 11 nitrogen and oxygen atoms in total. The molecule has 0 radical (unpaired) electrons. The van der Waals surface area contributed by atoms with Crippen molar-refractivity contribution >= 4 is 35.5 Å². The third-order valence-corrected chi connectivity index (χ3v) is 6.30. The van der Waals surface area contributed by atoms with E-state index in [9.17, 15) is 29.4 Å². The number of aliphatic carboxylic acids is 1. The monoisotopic (exact) mass is 450 g/mol. The molecule has 31 heavy (non-hydrogen) atoms. The Morgan fingerprint density at radius 2 is 2.06 bits per heavy atom. The second kappa shape index (κ2) is 8.12. The maximum Gasteiger partial charge on any atom is 0.352 e. The molecule has 164 valence electrons. The summed E-state index contributed by atoms with van der Waals surface area (Å²) in [5.41, 5.74) is 0.302. The molecule has 3 atom stereocenters. The average Bonchev–Trinajstić information content (AvgIpc) is 3.22. The maximum absolute atomic E-state index is 12.6. The minimum absolute atomic E-state index is 0.0469. The first-order valence-corrected chi connectivity index (χ1v) is 10.2. The van der Waals surface area contributed by atoms with Gasteiger partial charge in [-0.1, -0.05) is 6.07 Å². The Balaban J connectivity index is 1.45. The molecule has 3 unspecified atom stereocenters. The molecule has 3 aliphatic heterocycles. The highest BCUT2D eigenvalue weighted by atomic mass is 32.2. The molecule has 3 heterocycles. The second-order valence-corrected chi connectivity index (χ2v) is 8.05. The number of β-lactam (4-membered cyclic amide) rings is 1. The highest BCUT2D eigenvalue weighted by molar-refractivity contribution is 8.00. The molecule has 1 fully saturated rings. The van der Waals surface area contributed by atoms with Crippen LogP contribution in [0.3, 0.4) is 0 Å². The lowest BCUT2D eigenvalue weighted by Gasteiger charge is -2.49. The summed E-state index contributed by atoms with van der Waals surface area (Å²) in [6, 6.07) is 3.55. The summed E-state index contributed by atoms with van der Waals surface area (Å²) in [6.07, 6.45) is -1.56. The topological polar surface area (TPSA) is 152 Å². The van der Waals surface area contributed by atoms with Gasteiger partial charge < -0.3 is 29.7 Å². The fourth-order valence-corrected chi connectivity index (χ4v) is 4.78. The summed E-state index contributed by atoms with van der Waals surface area (Å²) in [4.78, 5) is 49.0. The number of aliphatic hydroxyl groups excluding tert-OH is 1. The van der Waals surface area contributed by atoms with Crippen molar-refractivity contribution in [1.29, 1.82) is 0 Å². The van der Waals surface area contributed by atoms with Gasteiger partial charge in [0.25, 0.3) is 11.8 Å². The lowest BCUT2D eigenvalue weighted by Crippen LogP contribution is -2.71. The number of nitrogens with zero attached hydrogens (tertiary/aromatic N) is 1. The van der Waals surface area contributed by atoms with Crippen LogP contribution in [0.1, 0.15) is 18.6 Å². The molecule has 12 heteroatoms. The van der Waals surface area contributed by atoms with Crippen LogP contribution < -0.4 is 14.8 Å². The third-order valence-electron chi connectivity index (χ3n) is 4.96. The fourth-order valence-electron chi connectivity index (χ4n) is 3.45. The van der Waals surface area contributed by atoms with E-state index in [1.54, 1.807) is 6.07 Å². The van der Waals surface area contributed by atoms with E-state index in [4.69, 9.17) is 14.2 Å². The number of hydrogen-bond donors (Lipinski definition) is 3. The van der Waals surface area contributed by atoms with E-state index in [2.05, 4.69) is 5.32 Å². The van der Waals surface area contributed by atoms with Crippen molar-refractivity contribution in [2.24, 2.45) is 0 Å². The lowest BCUT2D eigenvalue weighted by molar-refractivity contribution is -0.152. The number of thioether (sulfide) groups is 1. The molecule has 2 amide bonds. The Bertz CT molecular complexity index is 1010. The van der Waals surface area contributed by atoms with Gasteiger partial charge in [0.05, 0.1) is 0 Å². The molecule has 0 bridgehead atoms. The zero-order valence-electron chi connectivity index (χ0n) is 16.2. The molecule has 1 aromatic carbocycles. The molecule has 1 aromatic rings. The lowest BCUT2D eigenvalue weighted by atomic mass is 10.0. The number of carbonyl (C=O) groups excluding carboxylic acids is 3. The van der Waals surface area contributed by atoms with Gasteiger partial charge in [-0.05, 0) is 17.7 Å². The van der Waals surface area contributed by atoms with Crippen LogP contribution in [-0.2, 0) is 23.9 Å². The van der Waals surface area contributed by atoms with Crippen molar-refractivity contribution in [3.8, 4) is 11.5 Å². The van der Waals surface area contributed by atoms with Crippen LogP contribution in [0.2, 0.25) is 0 Å². The zero-order chi connectivity index (χ0) is 22.3. The molecule has 0 aliphatic carbocycles. The van der Waals surface area contributed by atoms with Gasteiger partial charge in [-0.15, -0.1) is 11.8 Å². The van der Waals surface area contributed by atoms with E-state index in [0.717, 1.165) is 4.90 Å². The Morgan fingerprint density at radius 3 is 2.77 bits per heavy atom. The normalized spacial score (nSPS) is 22.4. The van der Waals surface area contributed by atoms with Crippen LogP contribution in [0, 0.1) is 0 Å². The van der Waals surface area contributed by atoms with Crippen LogP contribution in [-0.4, -0.2) is 69.4 Å². The summed E-state index contributed by atoms with van der Waals surface area (Å²) >= 11 is 1.23. The van der Waals surface area contributed by atoms with Gasteiger partial charge in [0.15, 0.2) is 17.6 Å². The van der Waals surface area contributed by atoms with E-state index in [0.29, 0.717) is 17.1 Å². The van der Waals surface area contributed by atoms with Gasteiger partial charge in [-0.25, -0.2) is 4.79 Å². The smallest absolute Gasteiger partial charge is 0.352 e. The van der Waals surface area contributed by atoms with E-state index < -0.39 is 41.3 Å². The SMILES string of the molecule is CC(=O)OCC1=C(C(=O)O)N2C(=O)C(NC(=O)C(O)c3ccc4c(c3)OCO4)C2SC1. The predicted octanol–water partition coefficient (Wildman–Crippen LogP) is -0.250. The van der Waals surface area contributed by atoms with Crippen molar-refractivity contribution in [2.75, 3.05) is 19.2 Å². The standard InChI is InChI=1S/C19H18N2O9S/c1-8(22)28-5-10-6-31-18-13(17(25)21(18)14(10)19(26)27)20-16(24)15(23)9-2-3-11-12(4-9)30-7-29-11/h2-4,13,15,18,23H,5-7H2,1H3,(H,20,24)(H,26,27). The average molecular weight is 450 g/mol. The highest BCUT2D eigenvalue weighted by Crippen LogP contribution is 2.41. The van der Waals surface area contributed by atoms with Gasteiger partial charge >= 0.3 is 11.9 Å². The number of carboxylic acids is 1. The summed E-state index contributed by atoms with van der Waals surface area (Å²) in [5, 5.41) is 21.8. The Hall–Kier alpha value is -3.25. The number of rotatable bonds is 6. The van der Waals surface area contributed by atoms with Gasteiger partial charge in [-0.2, -0.15) is 0 Å². The number of benzene rings is 1. The number of ether oxygens (including phenoxy) is 3. The third kappa shape index (κ3) is 3.79. The van der Waals surface area contributed by atoms with E-state index in [-0.39, 0.29) is 30.4 Å². The number of nitrogens with one attached hydrogen (secondary N) is 1. The summed E-state index contributed by atoms with van der Waals surface area (Å²) in [5.74, 6) is -2.22. The second-order valence-electron chi connectivity index (χ2n) is 6.95. The molecular weight excluding hydrogens is 432 g/mol. The Labute approximate surface area is 179 Å². The molecule has 0 aromatic heterocycles. The molecule has 0 spiro atoms. The Kier molecular flexibility index (Phi) is 5.50. The summed E-state index contributed by atoms with van der Waals surface area (Å²) < 4.78 is 15.3. The number of carboxylic acid groups (broad SMARTS) is 1. The maximum atomic E-state index is 12.6. The quantitative estimate of drug-likeness (QED) is 0.391. The summed E-state index contributed by atoms with van der Waals surface area (Å²) in [7, 11) is 0. The van der Waals surface area contributed by atoms with Gasteiger partial charge in [0.2, 0.25) is 6.79 Å². The minimum atomic E-state index is -1.56. The van der Waals surface area contributed by atoms with Crippen molar-refractivity contribution in [2.45, 2.75) is 24.4 Å². The van der Waals surface area contributed by atoms with Gasteiger partial charge in [0, 0.05) is 18.2 Å². The summed E-state index contributed by atoms with van der Waals surface area (Å²) in [6.45, 7) is 1.01. The number of esters is 1. The number of fused-ring (bicyclic) bond motifs is 2. The molecule has 3 N–H and O–H groups in total. The number of amides is 2. The molecule has 1 saturated heterocycles.